The van der Waals surface area contributed by atoms with Gasteiger partial charge in [-0.05, 0) is 157 Å². The molecule has 0 heterocycles. The number of anilines is 4. The van der Waals surface area contributed by atoms with E-state index in [9.17, 15) is 38.4 Å². The summed E-state index contributed by atoms with van der Waals surface area (Å²) in [6.45, 7) is 1.08. The number of nitrogens with two attached hydrogens (primary N) is 5. The number of nitrogens with one attached hydrogen (secondary N) is 7. The van der Waals surface area contributed by atoms with Crippen LogP contribution in [-0.2, 0) is 23.9 Å². The molecule has 428 valence electrons. The number of benzene rings is 4. The molecule has 0 saturated heterocycles. The normalized spacial score (nSPS) is 12.3. The van der Waals surface area contributed by atoms with Crippen LogP contribution in [0.1, 0.15) is 99.2 Å². The molecule has 0 spiro atoms. The molecular formula is C54H74N12O13. The zero-order valence-electron chi connectivity index (χ0n) is 45.1. The minimum absolute atomic E-state index is 0.0161. The number of esters is 1. The zero-order valence-corrected chi connectivity index (χ0v) is 45.1. The Morgan fingerprint density at radius 1 is 0.392 bits per heavy atom. The predicted molar refractivity (Wildman–Crippen MR) is 297 cm³/mol. The summed E-state index contributed by atoms with van der Waals surface area (Å²) in [5.74, 6) is -4.69. The van der Waals surface area contributed by atoms with Gasteiger partial charge in [0.2, 0.25) is 23.6 Å². The molecule has 0 aliphatic rings. The second-order valence-electron chi connectivity index (χ2n) is 17.9. The lowest BCUT2D eigenvalue weighted by atomic mass is 10.1. The van der Waals surface area contributed by atoms with Crippen LogP contribution in [0.4, 0.5) is 22.7 Å². The van der Waals surface area contributed by atoms with Gasteiger partial charge in [-0.15, -0.1) is 0 Å². The van der Waals surface area contributed by atoms with E-state index >= 15 is 0 Å². The van der Waals surface area contributed by atoms with Gasteiger partial charge in [-0.25, -0.2) is 4.79 Å². The Kier molecular flexibility index (Phi) is 25.9. The molecule has 4 unspecified atom stereocenters. The van der Waals surface area contributed by atoms with Gasteiger partial charge in [0.1, 0.15) is 46.7 Å². The zero-order chi connectivity index (χ0) is 58.0. The summed E-state index contributed by atoms with van der Waals surface area (Å²) in [5.41, 5.74) is 29.7. The number of hydrogen-bond donors (Lipinski definition) is 12. The minimum atomic E-state index is -1.17. The molecule has 0 bridgehead atoms. The fraction of sp³-hybridized carbons (Fsp3) is 0.407. The maximum absolute atomic E-state index is 14.2. The molecule has 0 aliphatic carbocycles. The van der Waals surface area contributed by atoms with E-state index in [0.717, 1.165) is 0 Å². The van der Waals surface area contributed by atoms with Gasteiger partial charge < -0.3 is 89.6 Å². The summed E-state index contributed by atoms with van der Waals surface area (Å²) in [7, 11) is 6.63. The van der Waals surface area contributed by atoms with Crippen molar-refractivity contribution in [2.75, 3.05) is 83.0 Å². The molecule has 17 N–H and O–H groups in total. The molecule has 4 aromatic rings. The number of rotatable bonds is 32. The van der Waals surface area contributed by atoms with Crippen molar-refractivity contribution in [3.05, 3.63) is 95.1 Å². The van der Waals surface area contributed by atoms with E-state index in [1.807, 2.05) is 0 Å². The Labute approximate surface area is 458 Å². The summed E-state index contributed by atoms with van der Waals surface area (Å²) in [6.07, 6.45) is 2.91. The molecule has 0 saturated carbocycles. The lowest BCUT2D eigenvalue weighted by Crippen LogP contribution is -2.44. The molecule has 0 radical (unpaired) electrons. The highest BCUT2D eigenvalue weighted by atomic mass is 16.5. The van der Waals surface area contributed by atoms with Crippen LogP contribution in [-0.4, -0.2) is 133 Å². The lowest BCUT2D eigenvalue weighted by molar-refractivity contribution is -0.118. The van der Waals surface area contributed by atoms with Crippen LogP contribution in [0, 0.1) is 0 Å². The number of carbonyl (C=O) groups excluding carboxylic acids is 8. The molecule has 79 heavy (non-hydrogen) atoms. The first-order chi connectivity index (χ1) is 38.0. The summed E-state index contributed by atoms with van der Waals surface area (Å²) in [4.78, 5) is 109. The number of unbranched alkanes of at least 4 members (excludes halogenated alkanes) is 1. The highest BCUT2D eigenvalue weighted by Crippen LogP contribution is 2.28. The molecule has 25 nitrogen and oxygen atoms in total. The number of hydrogen-bond acceptors (Lipinski definition) is 18. The maximum Gasteiger partial charge on any atom is 0.341 e. The molecular weight excluding hydrogens is 1020 g/mol. The first-order valence-corrected chi connectivity index (χ1v) is 25.5. The van der Waals surface area contributed by atoms with Crippen LogP contribution in [0.3, 0.4) is 0 Å². The molecule has 25 heteroatoms. The number of ether oxygens (including phenoxy) is 5. The van der Waals surface area contributed by atoms with Gasteiger partial charge in [0, 0.05) is 22.7 Å². The quantitative estimate of drug-likeness (QED) is 0.0247. The monoisotopic (exact) mass is 1100 g/mol. The number of amides is 7. The van der Waals surface area contributed by atoms with Gasteiger partial charge in [0.05, 0.1) is 58.3 Å². The van der Waals surface area contributed by atoms with E-state index in [0.29, 0.717) is 51.6 Å². The summed E-state index contributed by atoms with van der Waals surface area (Å²) in [5, 5.41) is 19.1. The van der Waals surface area contributed by atoms with E-state index in [2.05, 4.69) is 37.2 Å². The third-order valence-electron chi connectivity index (χ3n) is 12.3. The fourth-order valence-corrected chi connectivity index (χ4v) is 7.99. The largest absolute Gasteiger partial charge is 0.496 e. The van der Waals surface area contributed by atoms with Crippen LogP contribution in [0.5, 0.6) is 23.0 Å². The molecule has 4 aromatic carbocycles. The molecule has 7 amide bonds. The van der Waals surface area contributed by atoms with Gasteiger partial charge in [0.15, 0.2) is 0 Å². The van der Waals surface area contributed by atoms with Crippen molar-refractivity contribution in [2.45, 2.75) is 82.0 Å². The third-order valence-corrected chi connectivity index (χ3v) is 12.3. The minimum Gasteiger partial charge on any atom is -0.496 e. The van der Waals surface area contributed by atoms with E-state index in [-0.39, 0.29) is 100 Å². The van der Waals surface area contributed by atoms with Crippen molar-refractivity contribution in [1.29, 1.82) is 0 Å². The second kappa shape index (κ2) is 32.4. The van der Waals surface area contributed by atoms with E-state index in [1.165, 1.54) is 102 Å². The van der Waals surface area contributed by atoms with Crippen LogP contribution < -0.4 is 84.8 Å². The smallest absolute Gasteiger partial charge is 0.341 e. The Hall–Kier alpha value is -8.36. The first kappa shape index (κ1) is 63.2. The highest BCUT2D eigenvalue weighted by Gasteiger charge is 2.29. The van der Waals surface area contributed by atoms with Crippen molar-refractivity contribution in [2.24, 2.45) is 28.7 Å². The summed E-state index contributed by atoms with van der Waals surface area (Å²) < 4.78 is 26.5. The maximum atomic E-state index is 14.2. The second-order valence-corrected chi connectivity index (χ2v) is 17.9. The lowest BCUT2D eigenvalue weighted by Gasteiger charge is -2.22. The standard InChI is InChI=1S/C54H74N12O13/c1-75-43-19-15-31(60-50(70)39(59)11-8-24-56)27-35(43)48(68)65-41(13-9-25-57)52(72)62-33-17-21-44(76-2)36(29-33)47(67)64-40(12-6-7-23-55)51(71)61-32-16-20-45(77-3)37(28-32)49(69)66-42(14-10-26-58)53(73)63-34-18-22-46(78-4)38(30-34)54(74)79-5/h15-22,27-30,39-42H,6-14,23-26,55-59H2,1-5H3,(H,60,70)(H,61,71)(H,62,72)(H,63,73)(H,64,67)(H,65,68)(H,66,69). The molecule has 0 aromatic heterocycles. The van der Waals surface area contributed by atoms with Crippen molar-refractivity contribution in [3.63, 3.8) is 0 Å². The average molecular weight is 1100 g/mol. The average Bonchev–Trinajstić information content (AvgIpc) is 3.47. The Morgan fingerprint density at radius 3 is 1.00 bits per heavy atom. The van der Waals surface area contributed by atoms with Crippen LogP contribution >= 0.6 is 0 Å². The van der Waals surface area contributed by atoms with Gasteiger partial charge in [-0.2, -0.15) is 0 Å². The fourth-order valence-electron chi connectivity index (χ4n) is 7.99. The van der Waals surface area contributed by atoms with Crippen LogP contribution in [0.15, 0.2) is 72.8 Å². The van der Waals surface area contributed by atoms with Gasteiger partial charge >= 0.3 is 5.97 Å². The van der Waals surface area contributed by atoms with Crippen LogP contribution in [0.25, 0.3) is 0 Å². The van der Waals surface area contributed by atoms with Crippen molar-refractivity contribution < 1.29 is 62.0 Å². The Balaban J connectivity index is 1.54. The van der Waals surface area contributed by atoms with E-state index in [4.69, 9.17) is 52.4 Å². The number of methoxy groups -OCH3 is 5. The van der Waals surface area contributed by atoms with E-state index < -0.39 is 71.5 Å². The first-order valence-electron chi connectivity index (χ1n) is 25.5. The topological polar surface area (TPSA) is 397 Å². The number of carbonyl (C=O) groups is 8. The van der Waals surface area contributed by atoms with Crippen molar-refractivity contribution >= 4 is 70.1 Å². The van der Waals surface area contributed by atoms with Gasteiger partial charge in [-0.3, -0.25) is 33.6 Å². The van der Waals surface area contributed by atoms with E-state index in [1.54, 1.807) is 6.07 Å². The van der Waals surface area contributed by atoms with Gasteiger partial charge in [0.25, 0.3) is 17.7 Å². The molecule has 4 atom stereocenters. The predicted octanol–water partition coefficient (Wildman–Crippen LogP) is 2.33. The molecule has 0 fully saturated rings. The summed E-state index contributed by atoms with van der Waals surface area (Å²) >= 11 is 0. The van der Waals surface area contributed by atoms with Crippen molar-refractivity contribution in [3.8, 4) is 23.0 Å². The SMILES string of the molecule is COC(=O)c1cc(NC(=O)C(CCCN)NC(=O)c2cc(NC(=O)C(CCCCN)NC(=O)c3cc(NC(=O)C(CCCN)NC(=O)c4cc(NC(=O)C(N)CCCN)ccc4OC)ccc3OC)ccc2OC)ccc1OC. The molecule has 4 rings (SSSR count). The molecule has 0 aliphatic heterocycles. The Bertz CT molecular complexity index is 2760. The highest BCUT2D eigenvalue weighted by molar-refractivity contribution is 6.07. The summed E-state index contributed by atoms with van der Waals surface area (Å²) in [6, 6.07) is 13.1. The van der Waals surface area contributed by atoms with Gasteiger partial charge in [-0.1, -0.05) is 0 Å². The van der Waals surface area contributed by atoms with Crippen LogP contribution in [0.2, 0.25) is 0 Å². The Morgan fingerprint density at radius 2 is 0.684 bits per heavy atom. The third kappa shape index (κ3) is 18.7. The van der Waals surface area contributed by atoms with Crippen molar-refractivity contribution in [1.82, 2.24) is 16.0 Å².